The van der Waals surface area contributed by atoms with Gasteiger partial charge in [0.2, 0.25) is 5.91 Å². The second kappa shape index (κ2) is 7.61. The predicted molar refractivity (Wildman–Crippen MR) is 101 cm³/mol. The quantitative estimate of drug-likeness (QED) is 0.846. The molecule has 2 aromatic rings. The molecule has 0 radical (unpaired) electrons. The summed E-state index contributed by atoms with van der Waals surface area (Å²) >= 11 is 0. The van der Waals surface area contributed by atoms with Gasteiger partial charge in [-0.3, -0.25) is 4.79 Å². The first kappa shape index (κ1) is 18.0. The van der Waals surface area contributed by atoms with E-state index in [4.69, 9.17) is 4.42 Å². The second-order valence-corrected chi connectivity index (χ2v) is 7.68. The lowest BCUT2D eigenvalue weighted by Crippen LogP contribution is -2.51. The molecule has 1 aromatic heterocycles. The molecule has 0 spiro atoms. The van der Waals surface area contributed by atoms with Crippen LogP contribution in [-0.2, 0) is 4.79 Å². The SMILES string of the molecule is CC(NC1CCCC(C)C1C)C(=O)NC(C)c1cc2ccccc2o1. The van der Waals surface area contributed by atoms with E-state index in [1.807, 2.05) is 44.2 Å². The Bertz CT molecular complexity index is 691. The fraction of sp³-hybridized carbons (Fsp3) is 0.571. The Balaban J connectivity index is 1.58. The van der Waals surface area contributed by atoms with E-state index in [0.29, 0.717) is 12.0 Å². The summed E-state index contributed by atoms with van der Waals surface area (Å²) < 4.78 is 5.86. The average Bonchev–Trinajstić information content (AvgIpc) is 3.03. The molecule has 1 amide bonds. The number of para-hydroxylation sites is 1. The van der Waals surface area contributed by atoms with E-state index < -0.39 is 0 Å². The number of carbonyl (C=O) groups excluding carboxylic acids is 1. The summed E-state index contributed by atoms with van der Waals surface area (Å²) in [5, 5.41) is 7.68. The molecule has 0 bridgehead atoms. The van der Waals surface area contributed by atoms with E-state index in [1.54, 1.807) is 0 Å². The van der Waals surface area contributed by atoms with Crippen molar-refractivity contribution >= 4 is 16.9 Å². The number of nitrogens with one attached hydrogen (secondary N) is 2. The Kier molecular flexibility index (Phi) is 5.48. The Labute approximate surface area is 150 Å². The first-order valence-corrected chi connectivity index (χ1v) is 9.50. The number of fused-ring (bicyclic) bond motifs is 1. The maximum Gasteiger partial charge on any atom is 0.237 e. The predicted octanol–water partition coefficient (Wildman–Crippen LogP) is 4.41. The van der Waals surface area contributed by atoms with E-state index >= 15 is 0 Å². The highest BCUT2D eigenvalue weighted by molar-refractivity contribution is 5.82. The third kappa shape index (κ3) is 4.06. The molecule has 136 valence electrons. The van der Waals surface area contributed by atoms with Crippen molar-refractivity contribution in [2.75, 3.05) is 0 Å². The van der Waals surface area contributed by atoms with Gasteiger partial charge in [0, 0.05) is 11.4 Å². The van der Waals surface area contributed by atoms with Crippen LogP contribution in [0.25, 0.3) is 11.0 Å². The number of benzene rings is 1. The van der Waals surface area contributed by atoms with Crippen LogP contribution < -0.4 is 10.6 Å². The van der Waals surface area contributed by atoms with Crippen LogP contribution >= 0.6 is 0 Å². The van der Waals surface area contributed by atoms with Gasteiger partial charge in [-0.1, -0.05) is 44.9 Å². The molecule has 5 unspecified atom stereocenters. The van der Waals surface area contributed by atoms with Crippen LogP contribution in [0.2, 0.25) is 0 Å². The third-order valence-electron chi connectivity index (χ3n) is 5.79. The molecule has 4 heteroatoms. The van der Waals surface area contributed by atoms with Gasteiger partial charge in [0.25, 0.3) is 0 Å². The Morgan fingerprint density at radius 3 is 2.72 bits per heavy atom. The third-order valence-corrected chi connectivity index (χ3v) is 5.79. The molecule has 1 fully saturated rings. The Morgan fingerprint density at radius 2 is 1.96 bits per heavy atom. The van der Waals surface area contributed by atoms with Gasteiger partial charge in [0.15, 0.2) is 0 Å². The van der Waals surface area contributed by atoms with E-state index in [1.165, 1.54) is 12.8 Å². The van der Waals surface area contributed by atoms with Crippen LogP contribution in [0, 0.1) is 11.8 Å². The molecule has 2 N–H and O–H groups in total. The standard InChI is InChI=1S/C21H30N2O2/c1-13-8-7-10-18(14(13)2)22-16(4)21(24)23-15(3)20-12-17-9-5-6-11-19(17)25-20/h5-6,9,11-16,18,22H,7-8,10H2,1-4H3,(H,23,24). The van der Waals surface area contributed by atoms with Crippen LogP contribution in [0.1, 0.15) is 58.8 Å². The van der Waals surface area contributed by atoms with Gasteiger partial charge < -0.3 is 15.1 Å². The number of furan rings is 1. The lowest BCUT2D eigenvalue weighted by Gasteiger charge is -2.36. The van der Waals surface area contributed by atoms with Crippen molar-refractivity contribution in [3.05, 3.63) is 36.1 Å². The van der Waals surface area contributed by atoms with Crippen molar-refractivity contribution < 1.29 is 9.21 Å². The number of hydrogen-bond acceptors (Lipinski definition) is 3. The van der Waals surface area contributed by atoms with Gasteiger partial charge >= 0.3 is 0 Å². The van der Waals surface area contributed by atoms with Gasteiger partial charge in [-0.25, -0.2) is 0 Å². The normalized spacial score (nSPS) is 26.3. The fourth-order valence-electron chi connectivity index (χ4n) is 3.84. The summed E-state index contributed by atoms with van der Waals surface area (Å²) in [6.07, 6.45) is 3.69. The number of carbonyl (C=O) groups is 1. The first-order chi connectivity index (χ1) is 12.0. The van der Waals surface area contributed by atoms with Crippen molar-refractivity contribution in [2.45, 2.75) is 65.1 Å². The smallest absolute Gasteiger partial charge is 0.237 e. The molecule has 0 saturated heterocycles. The van der Waals surface area contributed by atoms with Gasteiger partial charge in [-0.05, 0) is 44.2 Å². The molecule has 0 aliphatic heterocycles. The summed E-state index contributed by atoms with van der Waals surface area (Å²) in [6, 6.07) is 9.99. The fourth-order valence-corrected chi connectivity index (χ4v) is 3.84. The van der Waals surface area contributed by atoms with E-state index in [2.05, 4.69) is 24.5 Å². The van der Waals surface area contributed by atoms with Crippen molar-refractivity contribution in [3.63, 3.8) is 0 Å². The summed E-state index contributed by atoms with van der Waals surface area (Å²) in [5.74, 6) is 2.15. The van der Waals surface area contributed by atoms with Crippen LogP contribution in [-0.4, -0.2) is 18.0 Å². The second-order valence-electron chi connectivity index (χ2n) is 7.68. The lowest BCUT2D eigenvalue weighted by atomic mass is 9.78. The summed E-state index contributed by atoms with van der Waals surface area (Å²) in [7, 11) is 0. The molecule has 5 atom stereocenters. The van der Waals surface area contributed by atoms with Crippen molar-refractivity contribution in [1.29, 1.82) is 0 Å². The van der Waals surface area contributed by atoms with Gasteiger partial charge in [-0.2, -0.15) is 0 Å². The highest BCUT2D eigenvalue weighted by Crippen LogP contribution is 2.30. The van der Waals surface area contributed by atoms with Crippen molar-refractivity contribution in [1.82, 2.24) is 10.6 Å². The highest BCUT2D eigenvalue weighted by Gasteiger charge is 2.29. The minimum atomic E-state index is -0.204. The zero-order valence-corrected chi connectivity index (χ0v) is 15.7. The molecular weight excluding hydrogens is 312 g/mol. The van der Waals surface area contributed by atoms with Crippen LogP contribution in [0.4, 0.5) is 0 Å². The summed E-state index contributed by atoms with van der Waals surface area (Å²) in [6.45, 7) is 8.52. The topological polar surface area (TPSA) is 54.3 Å². The summed E-state index contributed by atoms with van der Waals surface area (Å²) in [4.78, 5) is 12.6. The average molecular weight is 342 g/mol. The minimum Gasteiger partial charge on any atom is -0.459 e. The lowest BCUT2D eigenvalue weighted by molar-refractivity contribution is -0.123. The van der Waals surface area contributed by atoms with Crippen molar-refractivity contribution in [3.8, 4) is 0 Å². The highest BCUT2D eigenvalue weighted by atomic mass is 16.3. The van der Waals surface area contributed by atoms with Gasteiger partial charge in [0.1, 0.15) is 11.3 Å². The van der Waals surface area contributed by atoms with E-state index in [0.717, 1.165) is 29.1 Å². The maximum absolute atomic E-state index is 12.6. The first-order valence-electron chi connectivity index (χ1n) is 9.50. The van der Waals surface area contributed by atoms with Crippen molar-refractivity contribution in [2.24, 2.45) is 11.8 Å². The van der Waals surface area contributed by atoms with E-state index in [9.17, 15) is 4.79 Å². The molecule has 1 aromatic carbocycles. The Hall–Kier alpha value is -1.81. The minimum absolute atomic E-state index is 0.0263. The zero-order chi connectivity index (χ0) is 18.0. The maximum atomic E-state index is 12.6. The van der Waals surface area contributed by atoms with Crippen LogP contribution in [0.15, 0.2) is 34.7 Å². The number of rotatable bonds is 5. The molecule has 1 aliphatic carbocycles. The molecule has 3 rings (SSSR count). The van der Waals surface area contributed by atoms with Crippen LogP contribution in [0.3, 0.4) is 0 Å². The van der Waals surface area contributed by atoms with Gasteiger partial charge in [-0.15, -0.1) is 0 Å². The molecule has 4 nitrogen and oxygen atoms in total. The molecule has 1 saturated carbocycles. The van der Waals surface area contributed by atoms with E-state index in [-0.39, 0.29) is 18.0 Å². The zero-order valence-electron chi connectivity index (χ0n) is 15.7. The molecule has 25 heavy (non-hydrogen) atoms. The number of amides is 1. The number of hydrogen-bond donors (Lipinski definition) is 2. The monoisotopic (exact) mass is 342 g/mol. The molecular formula is C21H30N2O2. The Morgan fingerprint density at radius 1 is 1.20 bits per heavy atom. The van der Waals surface area contributed by atoms with Gasteiger partial charge in [0.05, 0.1) is 12.1 Å². The van der Waals surface area contributed by atoms with Crippen LogP contribution in [0.5, 0.6) is 0 Å². The largest absolute Gasteiger partial charge is 0.459 e. The molecule has 1 aliphatic rings. The molecule has 1 heterocycles. The summed E-state index contributed by atoms with van der Waals surface area (Å²) in [5.41, 5.74) is 0.856.